The van der Waals surface area contributed by atoms with Gasteiger partial charge >= 0.3 is 0 Å². The van der Waals surface area contributed by atoms with Gasteiger partial charge in [0, 0.05) is 38.3 Å². The molecule has 0 aromatic carbocycles. The van der Waals surface area contributed by atoms with Crippen LogP contribution in [-0.4, -0.2) is 54.4 Å². The van der Waals surface area contributed by atoms with Crippen molar-refractivity contribution < 1.29 is 18.4 Å². The van der Waals surface area contributed by atoms with Crippen LogP contribution < -0.4 is 10.6 Å². The third-order valence-corrected chi connectivity index (χ3v) is 4.86. The van der Waals surface area contributed by atoms with Crippen LogP contribution in [0.1, 0.15) is 29.1 Å². The number of carbonyl (C=O) groups excluding carboxylic acids is 2. The van der Waals surface area contributed by atoms with E-state index in [4.69, 9.17) is 4.42 Å². The molecule has 8 heteroatoms. The second-order valence-electron chi connectivity index (χ2n) is 7.12. The molecule has 0 aliphatic carbocycles. The molecule has 2 N–H and O–H groups in total. The van der Waals surface area contributed by atoms with Gasteiger partial charge in [0.25, 0.3) is 5.91 Å². The largest absolute Gasteiger partial charge is 0.469 e. The maximum atomic E-state index is 13.7. The van der Waals surface area contributed by atoms with Crippen LogP contribution in [0, 0.1) is 11.7 Å². The van der Waals surface area contributed by atoms with Gasteiger partial charge in [-0.3, -0.25) is 9.59 Å². The van der Waals surface area contributed by atoms with Gasteiger partial charge in [-0.2, -0.15) is 0 Å². The minimum Gasteiger partial charge on any atom is -0.469 e. The Morgan fingerprint density at radius 1 is 1.29 bits per heavy atom. The molecule has 0 unspecified atom stereocenters. The third kappa shape index (κ3) is 5.39. The Bertz CT molecular complexity index is 797. The number of furan rings is 1. The Kier molecular flexibility index (Phi) is 6.76. The molecule has 1 aliphatic heterocycles. The Hall–Kier alpha value is -2.74. The molecule has 7 nitrogen and oxygen atoms in total. The van der Waals surface area contributed by atoms with Crippen molar-refractivity contribution in [3.05, 3.63) is 54.0 Å². The molecule has 1 saturated heterocycles. The summed E-state index contributed by atoms with van der Waals surface area (Å²) < 4.78 is 19.0. The van der Waals surface area contributed by atoms with Crippen molar-refractivity contribution >= 4 is 11.8 Å². The summed E-state index contributed by atoms with van der Waals surface area (Å²) in [5.74, 6) is -0.493. The lowest BCUT2D eigenvalue weighted by Crippen LogP contribution is -2.42. The standard InChI is InChI=1S/C20H25FN4O3/c1-25-12-14(19(26)23-10-8-16-4-3-11-28-16)6-7-15(13-25)24-20(27)18-17(21)5-2-9-22-18/h2-5,9,11,14-15H,6-8,10,12-13H2,1H3,(H,23,26)(H,24,27)/t14-,15+/m1/s1. The minimum atomic E-state index is -0.643. The van der Waals surface area contributed by atoms with Crippen molar-refractivity contribution in [3.63, 3.8) is 0 Å². The van der Waals surface area contributed by atoms with E-state index in [9.17, 15) is 14.0 Å². The van der Waals surface area contributed by atoms with E-state index in [0.717, 1.165) is 5.76 Å². The number of likely N-dealkylation sites (tertiary alicyclic amines) is 1. The zero-order valence-electron chi connectivity index (χ0n) is 15.9. The van der Waals surface area contributed by atoms with Gasteiger partial charge in [-0.05, 0) is 44.2 Å². The predicted octanol–water partition coefficient (Wildman–Crippen LogP) is 1.61. The van der Waals surface area contributed by atoms with E-state index in [2.05, 4.69) is 15.6 Å². The molecular weight excluding hydrogens is 363 g/mol. The zero-order valence-corrected chi connectivity index (χ0v) is 15.9. The normalized spacial score (nSPS) is 20.4. The number of aromatic nitrogens is 1. The summed E-state index contributed by atoms with van der Waals surface area (Å²) in [6.07, 6.45) is 4.94. The topological polar surface area (TPSA) is 87.5 Å². The van der Waals surface area contributed by atoms with Crippen LogP contribution in [0.3, 0.4) is 0 Å². The van der Waals surface area contributed by atoms with E-state index in [-0.39, 0.29) is 23.6 Å². The van der Waals surface area contributed by atoms with Gasteiger partial charge in [-0.25, -0.2) is 9.37 Å². The molecule has 28 heavy (non-hydrogen) atoms. The third-order valence-electron chi connectivity index (χ3n) is 4.86. The van der Waals surface area contributed by atoms with Crippen LogP contribution in [0.4, 0.5) is 4.39 Å². The zero-order chi connectivity index (χ0) is 19.9. The molecule has 2 aromatic rings. The predicted molar refractivity (Wildman–Crippen MR) is 101 cm³/mol. The molecule has 150 valence electrons. The van der Waals surface area contributed by atoms with E-state index >= 15 is 0 Å². The van der Waals surface area contributed by atoms with Gasteiger partial charge in [0.1, 0.15) is 5.76 Å². The van der Waals surface area contributed by atoms with Gasteiger partial charge < -0.3 is 20.0 Å². The molecule has 0 spiro atoms. The fourth-order valence-corrected chi connectivity index (χ4v) is 3.46. The van der Waals surface area contributed by atoms with Crippen molar-refractivity contribution in [1.82, 2.24) is 20.5 Å². The fraction of sp³-hybridized carbons (Fsp3) is 0.450. The van der Waals surface area contributed by atoms with Gasteiger partial charge in [0.2, 0.25) is 5.91 Å². The second-order valence-corrected chi connectivity index (χ2v) is 7.12. The first-order valence-electron chi connectivity index (χ1n) is 9.43. The average Bonchev–Trinajstić information content (AvgIpc) is 3.11. The molecule has 3 heterocycles. The molecule has 2 atom stereocenters. The second kappa shape index (κ2) is 9.45. The number of likely N-dealkylation sites (N-methyl/N-ethyl adjacent to an activating group) is 1. The summed E-state index contributed by atoms with van der Waals surface area (Å²) in [6.45, 7) is 1.72. The van der Waals surface area contributed by atoms with Crippen molar-refractivity contribution in [2.45, 2.75) is 25.3 Å². The lowest BCUT2D eigenvalue weighted by Gasteiger charge is -2.21. The first-order chi connectivity index (χ1) is 13.5. The molecule has 1 fully saturated rings. The van der Waals surface area contributed by atoms with Gasteiger partial charge in [0.05, 0.1) is 12.2 Å². The Balaban J connectivity index is 1.50. The number of amides is 2. The quantitative estimate of drug-likeness (QED) is 0.785. The van der Waals surface area contributed by atoms with Crippen LogP contribution in [0.5, 0.6) is 0 Å². The van der Waals surface area contributed by atoms with E-state index < -0.39 is 11.7 Å². The van der Waals surface area contributed by atoms with Gasteiger partial charge in [0.15, 0.2) is 11.5 Å². The molecule has 2 amide bonds. The summed E-state index contributed by atoms with van der Waals surface area (Å²) in [5, 5.41) is 5.80. The van der Waals surface area contributed by atoms with Crippen LogP contribution in [0.2, 0.25) is 0 Å². The fourth-order valence-electron chi connectivity index (χ4n) is 3.46. The number of nitrogens with zero attached hydrogens (tertiary/aromatic N) is 2. The number of hydrogen-bond acceptors (Lipinski definition) is 5. The number of carbonyl (C=O) groups is 2. The SMILES string of the molecule is CN1C[C@@H](NC(=O)c2ncccc2F)CC[C@@H](C(=O)NCCc2ccco2)C1. The molecular formula is C20H25FN4O3. The van der Waals surface area contributed by atoms with Crippen molar-refractivity contribution in [2.24, 2.45) is 5.92 Å². The maximum absolute atomic E-state index is 13.7. The van der Waals surface area contributed by atoms with E-state index in [1.807, 2.05) is 24.1 Å². The van der Waals surface area contributed by atoms with Crippen molar-refractivity contribution in [3.8, 4) is 0 Å². The van der Waals surface area contributed by atoms with Crippen LogP contribution >= 0.6 is 0 Å². The highest BCUT2D eigenvalue weighted by Crippen LogP contribution is 2.17. The average molecular weight is 388 g/mol. The number of pyridine rings is 1. The molecule has 0 saturated carbocycles. The summed E-state index contributed by atoms with van der Waals surface area (Å²) in [7, 11) is 1.91. The molecule has 1 aliphatic rings. The number of hydrogen-bond donors (Lipinski definition) is 2. The van der Waals surface area contributed by atoms with E-state index in [1.165, 1.54) is 18.3 Å². The number of nitrogens with one attached hydrogen (secondary N) is 2. The summed E-state index contributed by atoms with van der Waals surface area (Å²) in [4.78, 5) is 30.6. The molecule has 2 aromatic heterocycles. The molecule has 3 rings (SSSR count). The maximum Gasteiger partial charge on any atom is 0.273 e. The summed E-state index contributed by atoms with van der Waals surface area (Å²) >= 11 is 0. The summed E-state index contributed by atoms with van der Waals surface area (Å²) in [5.41, 5.74) is -0.207. The highest BCUT2D eigenvalue weighted by atomic mass is 19.1. The first-order valence-corrected chi connectivity index (χ1v) is 9.43. The van der Waals surface area contributed by atoms with Crippen molar-refractivity contribution in [1.29, 1.82) is 0 Å². The van der Waals surface area contributed by atoms with Crippen molar-refractivity contribution in [2.75, 3.05) is 26.7 Å². The van der Waals surface area contributed by atoms with E-state index in [1.54, 1.807) is 6.26 Å². The Morgan fingerprint density at radius 2 is 2.14 bits per heavy atom. The molecule has 0 radical (unpaired) electrons. The summed E-state index contributed by atoms with van der Waals surface area (Å²) in [6, 6.07) is 6.19. The van der Waals surface area contributed by atoms with Gasteiger partial charge in [-0.1, -0.05) is 0 Å². The molecule has 0 bridgehead atoms. The number of halogens is 1. The highest BCUT2D eigenvalue weighted by molar-refractivity contribution is 5.92. The first kappa shape index (κ1) is 20.0. The van der Waals surface area contributed by atoms with E-state index in [0.29, 0.717) is 38.9 Å². The van der Waals surface area contributed by atoms with Crippen LogP contribution in [0.25, 0.3) is 0 Å². The van der Waals surface area contributed by atoms with Crippen LogP contribution in [0.15, 0.2) is 41.1 Å². The van der Waals surface area contributed by atoms with Crippen LogP contribution in [-0.2, 0) is 11.2 Å². The smallest absolute Gasteiger partial charge is 0.273 e. The highest BCUT2D eigenvalue weighted by Gasteiger charge is 2.28. The lowest BCUT2D eigenvalue weighted by molar-refractivity contribution is -0.125. The Morgan fingerprint density at radius 3 is 2.89 bits per heavy atom. The monoisotopic (exact) mass is 388 g/mol. The Labute approximate surface area is 163 Å². The number of rotatable bonds is 6. The lowest BCUT2D eigenvalue weighted by atomic mass is 10.0. The minimum absolute atomic E-state index is 0.00107. The van der Waals surface area contributed by atoms with Gasteiger partial charge in [-0.15, -0.1) is 0 Å².